The zero-order valence-electron chi connectivity index (χ0n) is 13.7. The maximum atomic E-state index is 11.9. The lowest BCUT2D eigenvalue weighted by atomic mass is 10.2. The average molecular weight is 370 g/mol. The predicted molar refractivity (Wildman–Crippen MR) is 95.0 cm³/mol. The van der Waals surface area contributed by atoms with E-state index in [0.717, 1.165) is 17.0 Å². The van der Waals surface area contributed by atoms with E-state index in [1.54, 1.807) is 7.11 Å². The molecule has 2 aromatic heterocycles. The van der Waals surface area contributed by atoms with Gasteiger partial charge in [0.05, 0.1) is 19.0 Å². The van der Waals surface area contributed by atoms with E-state index < -0.39 is 18.5 Å². The molecule has 2 heterocycles. The summed E-state index contributed by atoms with van der Waals surface area (Å²) in [7, 11) is 1.60. The Balaban J connectivity index is 1.55. The van der Waals surface area contributed by atoms with E-state index in [4.69, 9.17) is 9.47 Å². The molecule has 0 bridgehead atoms. The van der Waals surface area contributed by atoms with Gasteiger partial charge in [-0.05, 0) is 24.3 Å². The number of carbonyl (C=O) groups is 2. The Morgan fingerprint density at radius 1 is 1.19 bits per heavy atom. The molecule has 1 aromatic carbocycles. The summed E-state index contributed by atoms with van der Waals surface area (Å²) in [5.41, 5.74) is 1.66. The van der Waals surface area contributed by atoms with Gasteiger partial charge in [-0.25, -0.2) is 14.8 Å². The maximum absolute atomic E-state index is 11.9. The third-order valence-electron chi connectivity index (χ3n) is 3.24. The van der Waals surface area contributed by atoms with Crippen molar-refractivity contribution < 1.29 is 19.1 Å². The van der Waals surface area contributed by atoms with Crippen LogP contribution in [-0.2, 0) is 9.53 Å². The molecular weight excluding hydrogens is 356 g/mol. The highest BCUT2D eigenvalue weighted by molar-refractivity contribution is 7.14. The van der Waals surface area contributed by atoms with Crippen LogP contribution < -0.4 is 10.1 Å². The predicted octanol–water partition coefficient (Wildman–Crippen LogP) is 2.40. The average Bonchev–Trinajstić information content (AvgIpc) is 3.15. The van der Waals surface area contributed by atoms with Gasteiger partial charge in [-0.2, -0.15) is 0 Å². The molecule has 0 aliphatic carbocycles. The molecule has 3 aromatic rings. The summed E-state index contributed by atoms with van der Waals surface area (Å²) in [6.07, 6.45) is 4.07. The van der Waals surface area contributed by atoms with Crippen molar-refractivity contribution in [3.05, 3.63) is 53.9 Å². The van der Waals surface area contributed by atoms with Crippen LogP contribution in [-0.4, -0.2) is 40.5 Å². The number of nitrogens with one attached hydrogen (secondary N) is 1. The number of amides is 1. The van der Waals surface area contributed by atoms with Crippen LogP contribution in [0.1, 0.15) is 10.5 Å². The first-order valence-corrected chi connectivity index (χ1v) is 8.36. The second-order valence-corrected chi connectivity index (χ2v) is 5.84. The van der Waals surface area contributed by atoms with Gasteiger partial charge in [0.25, 0.3) is 5.91 Å². The molecule has 0 aliphatic heterocycles. The molecule has 0 radical (unpaired) electrons. The number of ether oxygens (including phenoxy) is 2. The first-order chi connectivity index (χ1) is 12.7. The van der Waals surface area contributed by atoms with Crippen molar-refractivity contribution in [2.24, 2.45) is 0 Å². The summed E-state index contributed by atoms with van der Waals surface area (Å²) >= 11 is 1.28. The van der Waals surface area contributed by atoms with Crippen LogP contribution in [0, 0.1) is 0 Å². The van der Waals surface area contributed by atoms with E-state index in [1.165, 1.54) is 29.9 Å². The summed E-state index contributed by atoms with van der Waals surface area (Å²) in [6, 6.07) is 7.42. The number of esters is 1. The molecule has 8 nitrogen and oxygen atoms in total. The molecule has 0 spiro atoms. The van der Waals surface area contributed by atoms with Crippen LogP contribution in [0.25, 0.3) is 11.3 Å². The van der Waals surface area contributed by atoms with E-state index in [0.29, 0.717) is 5.13 Å². The van der Waals surface area contributed by atoms with E-state index in [-0.39, 0.29) is 5.69 Å². The fourth-order valence-electron chi connectivity index (χ4n) is 1.99. The van der Waals surface area contributed by atoms with E-state index in [2.05, 4.69) is 20.3 Å². The Hall–Kier alpha value is -3.33. The number of carbonyl (C=O) groups excluding carboxylic acids is 2. The van der Waals surface area contributed by atoms with Gasteiger partial charge in [0.1, 0.15) is 5.75 Å². The molecule has 26 heavy (non-hydrogen) atoms. The Morgan fingerprint density at radius 2 is 2.00 bits per heavy atom. The monoisotopic (exact) mass is 370 g/mol. The Morgan fingerprint density at radius 3 is 2.69 bits per heavy atom. The van der Waals surface area contributed by atoms with E-state index >= 15 is 0 Å². The lowest BCUT2D eigenvalue weighted by Gasteiger charge is -2.04. The largest absolute Gasteiger partial charge is 0.497 e. The standard InChI is InChI=1S/C17H14N4O4S/c1-24-12-4-2-11(3-5-12)14-10-26-17(20-14)21-15(22)9-25-16(23)13-8-18-6-7-19-13/h2-8,10H,9H2,1H3,(H,20,21,22). The molecule has 0 aliphatic rings. The van der Waals surface area contributed by atoms with Crippen LogP contribution in [0.4, 0.5) is 5.13 Å². The molecule has 0 fully saturated rings. The Labute approximate surface area is 152 Å². The zero-order chi connectivity index (χ0) is 18.4. The number of thiazole rings is 1. The lowest BCUT2D eigenvalue weighted by molar-refractivity contribution is -0.119. The topological polar surface area (TPSA) is 103 Å². The van der Waals surface area contributed by atoms with Crippen LogP contribution in [0.5, 0.6) is 5.75 Å². The second kappa shape index (κ2) is 8.17. The van der Waals surface area contributed by atoms with Gasteiger partial charge in [0.2, 0.25) is 0 Å². The number of anilines is 1. The van der Waals surface area contributed by atoms with Crippen molar-refractivity contribution >= 4 is 28.3 Å². The highest BCUT2D eigenvalue weighted by Gasteiger charge is 2.13. The Kier molecular flexibility index (Phi) is 5.49. The van der Waals surface area contributed by atoms with E-state index in [1.807, 2.05) is 29.6 Å². The lowest BCUT2D eigenvalue weighted by Crippen LogP contribution is -2.21. The number of methoxy groups -OCH3 is 1. The van der Waals surface area contributed by atoms with Crippen LogP contribution in [0.3, 0.4) is 0 Å². The van der Waals surface area contributed by atoms with Crippen molar-refractivity contribution in [3.8, 4) is 17.0 Å². The highest BCUT2D eigenvalue weighted by atomic mass is 32.1. The van der Waals surface area contributed by atoms with Crippen molar-refractivity contribution in [2.75, 3.05) is 19.0 Å². The van der Waals surface area contributed by atoms with Gasteiger partial charge in [-0.15, -0.1) is 11.3 Å². The molecule has 0 atom stereocenters. The summed E-state index contributed by atoms with van der Waals surface area (Å²) in [5.74, 6) is -0.452. The summed E-state index contributed by atoms with van der Waals surface area (Å²) in [6.45, 7) is -0.438. The van der Waals surface area contributed by atoms with Crippen molar-refractivity contribution in [1.29, 1.82) is 0 Å². The quantitative estimate of drug-likeness (QED) is 0.665. The third-order valence-corrected chi connectivity index (χ3v) is 4.00. The molecule has 1 N–H and O–H groups in total. The number of benzene rings is 1. The van der Waals surface area contributed by atoms with Gasteiger partial charge >= 0.3 is 5.97 Å². The fraction of sp³-hybridized carbons (Fsp3) is 0.118. The highest BCUT2D eigenvalue weighted by Crippen LogP contribution is 2.26. The SMILES string of the molecule is COc1ccc(-c2csc(NC(=O)COC(=O)c3cnccn3)n2)cc1. The minimum atomic E-state index is -0.716. The maximum Gasteiger partial charge on any atom is 0.359 e. The normalized spacial score (nSPS) is 10.2. The molecule has 0 saturated heterocycles. The van der Waals surface area contributed by atoms with Gasteiger partial charge in [0, 0.05) is 23.3 Å². The van der Waals surface area contributed by atoms with E-state index in [9.17, 15) is 9.59 Å². The van der Waals surface area contributed by atoms with Crippen molar-refractivity contribution in [1.82, 2.24) is 15.0 Å². The zero-order valence-corrected chi connectivity index (χ0v) is 14.5. The minimum Gasteiger partial charge on any atom is -0.497 e. The Bertz CT molecular complexity index is 897. The van der Waals surface area contributed by atoms with Crippen LogP contribution >= 0.6 is 11.3 Å². The number of rotatable bonds is 6. The first-order valence-electron chi connectivity index (χ1n) is 7.48. The summed E-state index contributed by atoms with van der Waals surface area (Å²) in [4.78, 5) is 35.5. The smallest absolute Gasteiger partial charge is 0.359 e. The molecule has 3 rings (SSSR count). The molecule has 0 unspecified atom stereocenters. The molecule has 1 amide bonds. The van der Waals surface area contributed by atoms with Crippen LogP contribution in [0.15, 0.2) is 48.2 Å². The molecular formula is C17H14N4O4S. The van der Waals surface area contributed by atoms with Crippen molar-refractivity contribution in [3.63, 3.8) is 0 Å². The summed E-state index contributed by atoms with van der Waals surface area (Å²) < 4.78 is 10.0. The number of hydrogen-bond donors (Lipinski definition) is 1. The van der Waals surface area contributed by atoms with Crippen LogP contribution in [0.2, 0.25) is 0 Å². The first kappa shape index (κ1) is 17.5. The number of aromatic nitrogens is 3. The van der Waals surface area contributed by atoms with Gasteiger partial charge < -0.3 is 9.47 Å². The fourth-order valence-corrected chi connectivity index (χ4v) is 2.73. The molecule has 0 saturated carbocycles. The third kappa shape index (κ3) is 4.39. The number of hydrogen-bond acceptors (Lipinski definition) is 8. The second-order valence-electron chi connectivity index (χ2n) is 4.98. The molecule has 9 heteroatoms. The van der Waals surface area contributed by atoms with Gasteiger partial charge in [-0.3, -0.25) is 15.1 Å². The molecule has 132 valence electrons. The van der Waals surface area contributed by atoms with Gasteiger partial charge in [0.15, 0.2) is 17.4 Å². The number of nitrogens with zero attached hydrogens (tertiary/aromatic N) is 3. The minimum absolute atomic E-state index is 0.0383. The van der Waals surface area contributed by atoms with Crippen molar-refractivity contribution in [2.45, 2.75) is 0 Å². The summed E-state index contributed by atoms with van der Waals surface area (Å²) in [5, 5.41) is 4.83. The van der Waals surface area contributed by atoms with Gasteiger partial charge in [-0.1, -0.05) is 0 Å².